The Balaban J connectivity index is 2.61. The van der Waals surface area contributed by atoms with Gasteiger partial charge in [-0.25, -0.2) is 9.59 Å². The second kappa shape index (κ2) is 9.52. The van der Waals surface area contributed by atoms with Gasteiger partial charge >= 0.3 is 11.9 Å². The van der Waals surface area contributed by atoms with Crippen LogP contribution in [0.3, 0.4) is 0 Å². The molecule has 0 radical (unpaired) electrons. The maximum atomic E-state index is 13.3. The second-order valence-electron chi connectivity index (χ2n) is 5.73. The lowest BCUT2D eigenvalue weighted by atomic mass is 10.1. The van der Waals surface area contributed by atoms with Crippen LogP contribution in [0.1, 0.15) is 29.8 Å². The zero-order valence-corrected chi connectivity index (χ0v) is 15.7. The number of amides is 1. The maximum absolute atomic E-state index is 13.3. The fourth-order valence-corrected chi connectivity index (χ4v) is 2.67. The van der Waals surface area contributed by atoms with Crippen molar-refractivity contribution in [1.82, 2.24) is 0 Å². The molecule has 0 spiro atoms. The number of rotatable bonds is 7. The summed E-state index contributed by atoms with van der Waals surface area (Å²) >= 11 is 0. The van der Waals surface area contributed by atoms with Gasteiger partial charge in [0.25, 0.3) is 5.91 Å². The predicted molar refractivity (Wildman–Crippen MR) is 101 cm³/mol. The molecule has 2 rings (SSSR count). The van der Waals surface area contributed by atoms with E-state index in [1.54, 1.807) is 69.3 Å². The van der Waals surface area contributed by atoms with E-state index >= 15 is 0 Å². The molecule has 1 amide bonds. The van der Waals surface area contributed by atoms with Crippen LogP contribution in [0.5, 0.6) is 0 Å². The number of esters is 2. The molecule has 0 unspecified atom stereocenters. The number of ether oxygens (including phenoxy) is 2. The molecule has 0 aliphatic rings. The molecule has 0 saturated carbocycles. The molecule has 0 atom stereocenters. The summed E-state index contributed by atoms with van der Waals surface area (Å²) in [5.74, 6) is -2.15. The van der Waals surface area contributed by atoms with E-state index in [-0.39, 0.29) is 13.2 Å². The SMILES string of the molecule is CCOC(=O)C(C(=O)OCC)N(C(=O)c1ccccc1)c1ccccc1C. The zero-order chi connectivity index (χ0) is 19.8. The number of para-hydroxylation sites is 1. The summed E-state index contributed by atoms with van der Waals surface area (Å²) in [6.07, 6.45) is 0. The monoisotopic (exact) mass is 369 g/mol. The molecule has 2 aromatic rings. The number of carbonyl (C=O) groups is 3. The quantitative estimate of drug-likeness (QED) is 0.554. The van der Waals surface area contributed by atoms with Crippen molar-refractivity contribution in [2.45, 2.75) is 26.8 Å². The molecular weight excluding hydrogens is 346 g/mol. The smallest absolute Gasteiger partial charge is 0.341 e. The number of anilines is 1. The Kier molecular flexibility index (Phi) is 7.11. The predicted octanol–water partition coefficient (Wildman–Crippen LogP) is 3.14. The van der Waals surface area contributed by atoms with Gasteiger partial charge in [0.1, 0.15) is 0 Å². The Morgan fingerprint density at radius 2 is 1.37 bits per heavy atom. The van der Waals surface area contributed by atoms with Gasteiger partial charge in [-0.05, 0) is 44.5 Å². The van der Waals surface area contributed by atoms with E-state index in [1.807, 2.05) is 6.07 Å². The third kappa shape index (κ3) is 4.73. The number of hydrogen-bond donors (Lipinski definition) is 0. The van der Waals surface area contributed by atoms with Gasteiger partial charge < -0.3 is 9.47 Å². The average Bonchev–Trinajstić information content (AvgIpc) is 2.67. The van der Waals surface area contributed by atoms with Crippen LogP contribution < -0.4 is 4.90 Å². The van der Waals surface area contributed by atoms with Gasteiger partial charge in [0.2, 0.25) is 6.04 Å². The summed E-state index contributed by atoms with van der Waals surface area (Å²) in [6, 6.07) is 14.0. The molecule has 0 aromatic heterocycles. The minimum atomic E-state index is -1.53. The number of carbonyl (C=O) groups excluding carboxylic acids is 3. The van der Waals surface area contributed by atoms with Crippen molar-refractivity contribution in [1.29, 1.82) is 0 Å². The molecule has 0 heterocycles. The summed E-state index contributed by atoms with van der Waals surface area (Å²) in [4.78, 5) is 39.6. The van der Waals surface area contributed by atoms with Crippen LogP contribution >= 0.6 is 0 Å². The van der Waals surface area contributed by atoms with Crippen LogP contribution in [0.25, 0.3) is 0 Å². The standard InChI is InChI=1S/C21H23NO5/c1-4-26-20(24)18(21(25)27-5-2)22(17-14-10-9-11-15(17)3)19(23)16-12-7-6-8-13-16/h6-14,18H,4-5H2,1-3H3. The number of aryl methyl sites for hydroxylation is 1. The molecule has 6 nitrogen and oxygen atoms in total. The molecule has 0 N–H and O–H groups in total. The fourth-order valence-electron chi connectivity index (χ4n) is 2.67. The van der Waals surface area contributed by atoms with Gasteiger partial charge in [0.05, 0.1) is 13.2 Å². The van der Waals surface area contributed by atoms with Crippen LogP contribution in [0, 0.1) is 6.92 Å². The molecule has 2 aromatic carbocycles. The topological polar surface area (TPSA) is 72.9 Å². The second-order valence-corrected chi connectivity index (χ2v) is 5.73. The Morgan fingerprint density at radius 3 is 1.89 bits per heavy atom. The average molecular weight is 369 g/mol. The third-order valence-corrected chi connectivity index (χ3v) is 3.89. The summed E-state index contributed by atoms with van der Waals surface area (Å²) in [6.45, 7) is 5.23. The molecule has 0 fully saturated rings. The summed E-state index contributed by atoms with van der Waals surface area (Å²) in [5.41, 5.74) is 1.53. The minimum absolute atomic E-state index is 0.0792. The van der Waals surface area contributed by atoms with E-state index in [9.17, 15) is 14.4 Å². The Bertz CT molecular complexity index is 785. The largest absolute Gasteiger partial charge is 0.464 e. The highest BCUT2D eigenvalue weighted by molar-refractivity contribution is 6.16. The molecule has 0 saturated heterocycles. The van der Waals surface area contributed by atoms with Gasteiger partial charge in [-0.3, -0.25) is 9.69 Å². The van der Waals surface area contributed by atoms with Crippen LogP contribution in [0.4, 0.5) is 5.69 Å². The van der Waals surface area contributed by atoms with Crippen LogP contribution in [-0.2, 0) is 19.1 Å². The molecular formula is C21H23NO5. The van der Waals surface area contributed by atoms with Crippen molar-refractivity contribution in [3.63, 3.8) is 0 Å². The number of nitrogens with zero attached hydrogens (tertiary/aromatic N) is 1. The molecule has 142 valence electrons. The van der Waals surface area contributed by atoms with Crippen LogP contribution in [-0.4, -0.2) is 37.1 Å². The van der Waals surface area contributed by atoms with Crippen LogP contribution in [0.15, 0.2) is 54.6 Å². The summed E-state index contributed by atoms with van der Waals surface area (Å²) < 4.78 is 10.1. The van der Waals surface area contributed by atoms with Crippen molar-refractivity contribution in [3.05, 3.63) is 65.7 Å². The lowest BCUT2D eigenvalue weighted by molar-refractivity contribution is -0.156. The first-order valence-electron chi connectivity index (χ1n) is 8.78. The fraction of sp³-hybridized carbons (Fsp3) is 0.286. The van der Waals surface area contributed by atoms with E-state index in [0.717, 1.165) is 10.5 Å². The zero-order valence-electron chi connectivity index (χ0n) is 15.7. The van der Waals surface area contributed by atoms with Gasteiger partial charge in [-0.1, -0.05) is 36.4 Å². The van der Waals surface area contributed by atoms with Crippen molar-refractivity contribution in [2.75, 3.05) is 18.1 Å². The normalized spacial score (nSPS) is 10.4. The van der Waals surface area contributed by atoms with Crippen molar-refractivity contribution in [2.24, 2.45) is 0 Å². The first kappa shape index (κ1) is 20.2. The van der Waals surface area contributed by atoms with Gasteiger partial charge in [-0.15, -0.1) is 0 Å². The van der Waals surface area contributed by atoms with E-state index in [0.29, 0.717) is 11.3 Å². The Labute approximate surface area is 158 Å². The summed E-state index contributed by atoms with van der Waals surface area (Å²) in [5, 5.41) is 0. The van der Waals surface area contributed by atoms with E-state index in [1.165, 1.54) is 0 Å². The highest BCUT2D eigenvalue weighted by Crippen LogP contribution is 2.25. The van der Waals surface area contributed by atoms with E-state index in [2.05, 4.69) is 0 Å². The lowest BCUT2D eigenvalue weighted by Crippen LogP contribution is -2.52. The lowest BCUT2D eigenvalue weighted by Gasteiger charge is -2.30. The molecule has 0 bridgehead atoms. The molecule has 27 heavy (non-hydrogen) atoms. The molecule has 6 heteroatoms. The van der Waals surface area contributed by atoms with E-state index in [4.69, 9.17) is 9.47 Å². The highest BCUT2D eigenvalue weighted by Gasteiger charge is 2.40. The number of hydrogen-bond acceptors (Lipinski definition) is 5. The van der Waals surface area contributed by atoms with Crippen molar-refractivity contribution < 1.29 is 23.9 Å². The van der Waals surface area contributed by atoms with Gasteiger partial charge in [0, 0.05) is 11.3 Å². The minimum Gasteiger partial charge on any atom is -0.464 e. The molecule has 0 aliphatic heterocycles. The van der Waals surface area contributed by atoms with Crippen molar-refractivity contribution in [3.8, 4) is 0 Å². The van der Waals surface area contributed by atoms with E-state index < -0.39 is 23.9 Å². The Hall–Kier alpha value is -3.15. The number of benzene rings is 2. The van der Waals surface area contributed by atoms with Crippen LogP contribution in [0.2, 0.25) is 0 Å². The van der Waals surface area contributed by atoms with Gasteiger partial charge in [0.15, 0.2) is 0 Å². The summed E-state index contributed by atoms with van der Waals surface area (Å²) in [7, 11) is 0. The van der Waals surface area contributed by atoms with Gasteiger partial charge in [-0.2, -0.15) is 0 Å². The third-order valence-electron chi connectivity index (χ3n) is 3.89. The highest BCUT2D eigenvalue weighted by atomic mass is 16.6. The van der Waals surface area contributed by atoms with Crippen molar-refractivity contribution >= 4 is 23.5 Å². The first-order valence-corrected chi connectivity index (χ1v) is 8.78. The first-order chi connectivity index (χ1) is 13.0. The maximum Gasteiger partial charge on any atom is 0.341 e. The Morgan fingerprint density at radius 1 is 0.852 bits per heavy atom. The molecule has 0 aliphatic carbocycles.